The van der Waals surface area contributed by atoms with Crippen LogP contribution in [0.3, 0.4) is 0 Å². The van der Waals surface area contributed by atoms with Crippen LogP contribution in [0.25, 0.3) is 5.69 Å². The molecule has 2 aromatic rings. The zero-order valence-corrected chi connectivity index (χ0v) is 13.5. The van der Waals surface area contributed by atoms with Crippen molar-refractivity contribution >= 4 is 17.5 Å². The number of rotatable bonds is 4. The van der Waals surface area contributed by atoms with Gasteiger partial charge in [-0.25, -0.2) is 13.5 Å². The van der Waals surface area contributed by atoms with E-state index in [0.29, 0.717) is 18.5 Å². The third-order valence-corrected chi connectivity index (χ3v) is 4.54. The maximum absolute atomic E-state index is 13.8. The molecule has 1 aliphatic rings. The minimum absolute atomic E-state index is 0.0586. The van der Waals surface area contributed by atoms with Gasteiger partial charge in [-0.3, -0.25) is 4.79 Å². The lowest BCUT2D eigenvalue weighted by Gasteiger charge is -2.31. The molecule has 1 heterocycles. The minimum Gasteiger partial charge on any atom is -0.351 e. The maximum Gasteiger partial charge on any atom is 0.252 e. The molecule has 128 valence electrons. The third kappa shape index (κ3) is 3.53. The Labute approximate surface area is 142 Å². The summed E-state index contributed by atoms with van der Waals surface area (Å²) < 4.78 is 29.0. The Balaban J connectivity index is 1.67. The zero-order chi connectivity index (χ0) is 17.2. The number of tetrazole rings is 1. The summed E-state index contributed by atoms with van der Waals surface area (Å²) in [5, 5.41) is 13.5. The van der Waals surface area contributed by atoms with E-state index >= 15 is 0 Å². The number of carbonyl (C=O) groups is 1. The van der Waals surface area contributed by atoms with Crippen molar-refractivity contribution in [1.82, 2.24) is 25.5 Å². The van der Waals surface area contributed by atoms with E-state index in [1.807, 2.05) is 0 Å². The Morgan fingerprint density at radius 2 is 2.25 bits per heavy atom. The molecule has 24 heavy (non-hydrogen) atoms. The standard InChI is InChI=1S/C15H16ClF2N5O/c16-13-7-11(23-9-20-21-22-23)4-5-12(13)14(24)19-8-10-3-1-2-6-15(10,17)18/h4-5,7,9-10H,1-3,6,8H2,(H,19,24). The first-order chi connectivity index (χ1) is 11.5. The molecule has 0 bridgehead atoms. The van der Waals surface area contributed by atoms with Crippen LogP contribution in [-0.2, 0) is 0 Å². The topological polar surface area (TPSA) is 72.7 Å². The Morgan fingerprint density at radius 3 is 2.92 bits per heavy atom. The number of hydrogen-bond acceptors (Lipinski definition) is 4. The normalized spacial score (nSPS) is 19.9. The maximum atomic E-state index is 13.8. The Kier molecular flexibility index (Phi) is 4.75. The van der Waals surface area contributed by atoms with E-state index in [0.717, 1.165) is 6.42 Å². The van der Waals surface area contributed by atoms with Crippen molar-refractivity contribution in [3.05, 3.63) is 35.1 Å². The van der Waals surface area contributed by atoms with Gasteiger partial charge < -0.3 is 5.32 Å². The lowest BCUT2D eigenvalue weighted by Crippen LogP contribution is -2.40. The smallest absolute Gasteiger partial charge is 0.252 e. The van der Waals surface area contributed by atoms with E-state index in [-0.39, 0.29) is 23.6 Å². The quantitative estimate of drug-likeness (QED) is 0.915. The molecule has 9 heteroatoms. The molecule has 1 amide bonds. The largest absolute Gasteiger partial charge is 0.351 e. The number of benzene rings is 1. The van der Waals surface area contributed by atoms with Crippen LogP contribution < -0.4 is 5.32 Å². The molecule has 0 spiro atoms. The Hall–Kier alpha value is -2.09. The summed E-state index contributed by atoms with van der Waals surface area (Å²) in [5.74, 6) is -4.02. The van der Waals surface area contributed by atoms with Crippen molar-refractivity contribution in [3.8, 4) is 5.69 Å². The summed E-state index contributed by atoms with van der Waals surface area (Å²) in [6.07, 6.45) is 2.99. The summed E-state index contributed by atoms with van der Waals surface area (Å²) in [6, 6.07) is 4.70. The molecule has 0 aliphatic heterocycles. The van der Waals surface area contributed by atoms with Gasteiger partial charge in [-0.15, -0.1) is 5.10 Å². The predicted octanol–water partition coefficient (Wildman–Crippen LogP) is 2.87. The molecule has 1 saturated carbocycles. The second-order valence-corrected chi connectivity index (χ2v) is 6.24. The molecular weight excluding hydrogens is 340 g/mol. The van der Waals surface area contributed by atoms with Crippen LogP contribution in [-0.4, -0.2) is 38.6 Å². The van der Waals surface area contributed by atoms with Gasteiger partial charge >= 0.3 is 0 Å². The van der Waals surface area contributed by atoms with Crippen molar-refractivity contribution in [2.45, 2.75) is 31.6 Å². The summed E-state index contributed by atoms with van der Waals surface area (Å²) in [6.45, 7) is -0.0586. The SMILES string of the molecule is O=C(NCC1CCCCC1(F)F)c1ccc(-n2cnnn2)cc1Cl. The fourth-order valence-corrected chi connectivity index (χ4v) is 3.10. The Morgan fingerprint density at radius 1 is 1.42 bits per heavy atom. The van der Waals surface area contributed by atoms with Crippen LogP contribution in [0.1, 0.15) is 36.0 Å². The van der Waals surface area contributed by atoms with Gasteiger partial charge in [-0.1, -0.05) is 18.0 Å². The van der Waals surface area contributed by atoms with Gasteiger partial charge in [0.2, 0.25) is 0 Å². The van der Waals surface area contributed by atoms with Crippen LogP contribution in [0.4, 0.5) is 8.78 Å². The highest BCUT2D eigenvalue weighted by molar-refractivity contribution is 6.34. The first-order valence-electron chi connectivity index (χ1n) is 7.66. The minimum atomic E-state index is -2.72. The second-order valence-electron chi connectivity index (χ2n) is 5.83. The number of amides is 1. The van der Waals surface area contributed by atoms with Crippen molar-refractivity contribution < 1.29 is 13.6 Å². The van der Waals surface area contributed by atoms with Crippen molar-refractivity contribution in [1.29, 1.82) is 0 Å². The van der Waals surface area contributed by atoms with Crippen LogP contribution in [0, 0.1) is 5.92 Å². The van der Waals surface area contributed by atoms with Crippen LogP contribution in [0.2, 0.25) is 5.02 Å². The molecule has 1 N–H and O–H groups in total. The number of alkyl halides is 2. The van der Waals surface area contributed by atoms with Crippen molar-refractivity contribution in [2.75, 3.05) is 6.54 Å². The van der Waals surface area contributed by atoms with Gasteiger partial charge in [0.15, 0.2) is 0 Å². The van der Waals surface area contributed by atoms with E-state index in [2.05, 4.69) is 20.8 Å². The first kappa shape index (κ1) is 16.8. The molecule has 1 fully saturated rings. The van der Waals surface area contributed by atoms with Gasteiger partial charge in [-0.2, -0.15) is 0 Å². The fourth-order valence-electron chi connectivity index (χ4n) is 2.84. The number of nitrogens with one attached hydrogen (secondary N) is 1. The number of nitrogens with zero attached hydrogens (tertiary/aromatic N) is 4. The fraction of sp³-hybridized carbons (Fsp3) is 0.467. The summed E-state index contributed by atoms with van der Waals surface area (Å²) in [7, 11) is 0. The highest BCUT2D eigenvalue weighted by atomic mass is 35.5. The van der Waals surface area contributed by atoms with Crippen molar-refractivity contribution in [2.24, 2.45) is 5.92 Å². The van der Waals surface area contributed by atoms with E-state index in [1.54, 1.807) is 12.1 Å². The van der Waals surface area contributed by atoms with Crippen molar-refractivity contribution in [3.63, 3.8) is 0 Å². The van der Waals surface area contributed by atoms with E-state index in [9.17, 15) is 13.6 Å². The molecule has 3 rings (SSSR count). The molecule has 1 aromatic heterocycles. The number of hydrogen-bond donors (Lipinski definition) is 1. The van der Waals surface area contributed by atoms with Gasteiger partial charge in [0, 0.05) is 18.9 Å². The van der Waals surface area contributed by atoms with Gasteiger partial charge in [-0.05, 0) is 41.5 Å². The summed E-state index contributed by atoms with van der Waals surface area (Å²) in [4.78, 5) is 12.2. The highest BCUT2D eigenvalue weighted by Gasteiger charge is 2.41. The molecule has 1 unspecified atom stereocenters. The molecule has 1 aromatic carbocycles. The molecule has 6 nitrogen and oxygen atoms in total. The molecule has 1 atom stereocenters. The monoisotopic (exact) mass is 355 g/mol. The predicted molar refractivity (Wildman–Crippen MR) is 83.4 cm³/mol. The van der Waals surface area contributed by atoms with Crippen LogP contribution >= 0.6 is 11.6 Å². The number of carbonyl (C=O) groups excluding carboxylic acids is 1. The lowest BCUT2D eigenvalue weighted by atomic mass is 9.85. The summed E-state index contributed by atoms with van der Waals surface area (Å²) >= 11 is 6.13. The average molecular weight is 356 g/mol. The van der Waals surface area contributed by atoms with Gasteiger partial charge in [0.25, 0.3) is 11.8 Å². The third-order valence-electron chi connectivity index (χ3n) is 4.23. The molecule has 1 aliphatic carbocycles. The van der Waals surface area contributed by atoms with Crippen LogP contribution in [0.5, 0.6) is 0 Å². The zero-order valence-electron chi connectivity index (χ0n) is 12.8. The number of halogens is 3. The first-order valence-corrected chi connectivity index (χ1v) is 8.04. The molecular formula is C15H16ClF2N5O. The van der Waals surface area contributed by atoms with E-state index in [4.69, 9.17) is 11.6 Å². The second kappa shape index (κ2) is 6.80. The van der Waals surface area contributed by atoms with Crippen LogP contribution in [0.15, 0.2) is 24.5 Å². The number of aromatic nitrogens is 4. The van der Waals surface area contributed by atoms with Gasteiger partial charge in [0.05, 0.1) is 16.3 Å². The average Bonchev–Trinajstić information content (AvgIpc) is 3.07. The Bertz CT molecular complexity index is 723. The van der Waals surface area contributed by atoms with E-state index < -0.39 is 17.7 Å². The highest BCUT2D eigenvalue weighted by Crippen LogP contribution is 2.38. The molecule has 0 radical (unpaired) electrons. The van der Waals surface area contributed by atoms with E-state index in [1.165, 1.54) is 17.1 Å². The lowest BCUT2D eigenvalue weighted by molar-refractivity contribution is -0.0835. The molecule has 0 saturated heterocycles. The summed E-state index contributed by atoms with van der Waals surface area (Å²) in [5.41, 5.74) is 0.827. The van der Waals surface area contributed by atoms with Gasteiger partial charge in [0.1, 0.15) is 6.33 Å².